The molecule has 1 saturated heterocycles. The van der Waals surface area contributed by atoms with Crippen molar-refractivity contribution in [3.8, 4) is 0 Å². The highest BCUT2D eigenvalue weighted by Gasteiger charge is 2.37. The van der Waals surface area contributed by atoms with Gasteiger partial charge in [-0.25, -0.2) is 4.98 Å². The van der Waals surface area contributed by atoms with E-state index in [1.54, 1.807) is 6.33 Å². The molecule has 19 heavy (non-hydrogen) atoms. The minimum absolute atomic E-state index is 0.133. The van der Waals surface area contributed by atoms with E-state index in [0.29, 0.717) is 0 Å². The van der Waals surface area contributed by atoms with E-state index in [0.717, 1.165) is 45.0 Å². The van der Waals surface area contributed by atoms with Gasteiger partial charge in [0, 0.05) is 37.1 Å². The van der Waals surface area contributed by atoms with Gasteiger partial charge >= 0.3 is 0 Å². The molecule has 0 aliphatic carbocycles. The first-order valence-electron chi connectivity index (χ1n) is 7.14. The second-order valence-corrected chi connectivity index (χ2v) is 6.57. The Morgan fingerprint density at radius 2 is 2.26 bits per heavy atom. The topological polar surface area (TPSA) is 52.0 Å². The van der Waals surface area contributed by atoms with Crippen LogP contribution < -0.4 is 5.32 Å². The van der Waals surface area contributed by atoms with Crippen LogP contribution in [0.25, 0.3) is 0 Å². The van der Waals surface area contributed by atoms with Crippen molar-refractivity contribution in [3.63, 3.8) is 0 Å². The molecule has 1 atom stereocenters. The van der Waals surface area contributed by atoms with Crippen LogP contribution in [-0.2, 0) is 17.7 Å². The molecule has 1 unspecified atom stereocenters. The summed E-state index contributed by atoms with van der Waals surface area (Å²) < 4.78 is 7.63. The number of aromatic nitrogens is 3. The maximum atomic E-state index is 5.65. The van der Waals surface area contributed by atoms with Gasteiger partial charge in [0.25, 0.3) is 0 Å². The summed E-state index contributed by atoms with van der Waals surface area (Å²) in [7, 11) is 0. The minimum atomic E-state index is 0.133. The average molecular weight is 266 g/mol. The molecule has 2 heterocycles. The van der Waals surface area contributed by atoms with Crippen molar-refractivity contribution in [1.82, 2.24) is 20.1 Å². The Kier molecular flexibility index (Phi) is 4.26. The number of nitrogens with zero attached hydrogens (tertiary/aromatic N) is 3. The molecule has 0 bridgehead atoms. The summed E-state index contributed by atoms with van der Waals surface area (Å²) in [5, 5.41) is 7.88. The lowest BCUT2D eigenvalue weighted by Crippen LogP contribution is -2.45. The van der Waals surface area contributed by atoms with E-state index in [1.807, 2.05) is 4.68 Å². The zero-order valence-electron chi connectivity index (χ0n) is 12.6. The van der Waals surface area contributed by atoms with Crippen LogP contribution in [0.4, 0.5) is 0 Å². The molecule has 0 amide bonds. The third-order valence-corrected chi connectivity index (χ3v) is 3.71. The fourth-order valence-electron chi connectivity index (χ4n) is 2.47. The quantitative estimate of drug-likeness (QED) is 0.880. The number of nitrogens with one attached hydrogen (secondary N) is 1. The normalized spacial score (nSPS) is 24.0. The number of rotatable bonds is 5. The first-order chi connectivity index (χ1) is 8.94. The Morgan fingerprint density at radius 3 is 2.84 bits per heavy atom. The van der Waals surface area contributed by atoms with Gasteiger partial charge in [-0.2, -0.15) is 5.10 Å². The SMILES string of the molecule is CCn1ncnc1CC1(CNC(C)(C)C)CCOC1. The molecule has 5 heteroatoms. The molecule has 0 radical (unpaired) electrons. The van der Waals surface area contributed by atoms with Crippen LogP contribution >= 0.6 is 0 Å². The Morgan fingerprint density at radius 1 is 1.47 bits per heavy atom. The highest BCUT2D eigenvalue weighted by atomic mass is 16.5. The molecule has 1 aliphatic rings. The maximum Gasteiger partial charge on any atom is 0.138 e. The van der Waals surface area contributed by atoms with Gasteiger partial charge in [-0.1, -0.05) is 0 Å². The van der Waals surface area contributed by atoms with E-state index in [9.17, 15) is 0 Å². The average Bonchev–Trinajstić information content (AvgIpc) is 2.96. The summed E-state index contributed by atoms with van der Waals surface area (Å²) in [6.45, 7) is 12.2. The van der Waals surface area contributed by atoms with Gasteiger partial charge < -0.3 is 10.1 Å². The third-order valence-electron chi connectivity index (χ3n) is 3.71. The van der Waals surface area contributed by atoms with Crippen molar-refractivity contribution in [2.45, 2.75) is 52.6 Å². The van der Waals surface area contributed by atoms with Crippen LogP contribution in [0.3, 0.4) is 0 Å². The van der Waals surface area contributed by atoms with E-state index < -0.39 is 0 Å². The van der Waals surface area contributed by atoms with Gasteiger partial charge in [0.05, 0.1) is 6.61 Å². The van der Waals surface area contributed by atoms with E-state index in [-0.39, 0.29) is 11.0 Å². The van der Waals surface area contributed by atoms with Gasteiger partial charge in [0.1, 0.15) is 12.2 Å². The third kappa shape index (κ3) is 3.76. The molecule has 1 aromatic heterocycles. The Bertz CT molecular complexity index is 402. The summed E-state index contributed by atoms with van der Waals surface area (Å²) in [5.74, 6) is 1.07. The van der Waals surface area contributed by atoms with Crippen molar-refractivity contribution < 1.29 is 4.74 Å². The van der Waals surface area contributed by atoms with E-state index >= 15 is 0 Å². The van der Waals surface area contributed by atoms with Crippen molar-refractivity contribution >= 4 is 0 Å². The van der Waals surface area contributed by atoms with Gasteiger partial charge in [-0.15, -0.1) is 0 Å². The van der Waals surface area contributed by atoms with Gasteiger partial charge in [-0.3, -0.25) is 4.68 Å². The van der Waals surface area contributed by atoms with Gasteiger partial charge in [0.2, 0.25) is 0 Å². The lowest BCUT2D eigenvalue weighted by Gasteiger charge is -2.32. The number of hydrogen-bond acceptors (Lipinski definition) is 4. The van der Waals surface area contributed by atoms with E-state index in [4.69, 9.17) is 4.74 Å². The Labute approximate surface area is 115 Å². The molecule has 1 aromatic rings. The summed E-state index contributed by atoms with van der Waals surface area (Å²) in [6, 6.07) is 0. The molecular formula is C14H26N4O. The number of aryl methyl sites for hydroxylation is 1. The predicted octanol–water partition coefficient (Wildman–Crippen LogP) is 1.64. The predicted molar refractivity (Wildman–Crippen MR) is 75.0 cm³/mol. The first kappa shape index (κ1) is 14.5. The molecular weight excluding hydrogens is 240 g/mol. The lowest BCUT2D eigenvalue weighted by molar-refractivity contribution is 0.142. The highest BCUT2D eigenvalue weighted by molar-refractivity contribution is 4.98. The summed E-state index contributed by atoms with van der Waals surface area (Å²) in [4.78, 5) is 4.41. The summed E-state index contributed by atoms with van der Waals surface area (Å²) >= 11 is 0. The van der Waals surface area contributed by atoms with Crippen LogP contribution in [0.1, 0.15) is 39.9 Å². The fourth-order valence-corrected chi connectivity index (χ4v) is 2.47. The number of ether oxygens (including phenoxy) is 1. The summed E-state index contributed by atoms with van der Waals surface area (Å²) in [5.41, 5.74) is 0.293. The maximum absolute atomic E-state index is 5.65. The molecule has 1 N–H and O–H groups in total. The molecule has 1 aliphatic heterocycles. The van der Waals surface area contributed by atoms with Crippen molar-refractivity contribution in [1.29, 1.82) is 0 Å². The molecule has 108 valence electrons. The van der Waals surface area contributed by atoms with Crippen LogP contribution in [-0.4, -0.2) is 40.1 Å². The Hall–Kier alpha value is -0.940. The zero-order chi connectivity index (χ0) is 13.9. The van der Waals surface area contributed by atoms with Gasteiger partial charge in [-0.05, 0) is 34.1 Å². The van der Waals surface area contributed by atoms with Crippen molar-refractivity contribution in [2.24, 2.45) is 5.41 Å². The standard InChI is InChI=1S/C14H26N4O/c1-5-18-12(15-11-17-18)8-14(6-7-19-10-14)9-16-13(2,3)4/h11,16H,5-10H2,1-4H3. The van der Waals surface area contributed by atoms with Crippen LogP contribution in [0.5, 0.6) is 0 Å². The zero-order valence-corrected chi connectivity index (χ0v) is 12.6. The van der Waals surface area contributed by atoms with E-state index in [2.05, 4.69) is 43.1 Å². The first-order valence-corrected chi connectivity index (χ1v) is 7.14. The molecule has 0 aromatic carbocycles. The molecule has 1 fully saturated rings. The van der Waals surface area contributed by atoms with E-state index in [1.165, 1.54) is 0 Å². The lowest BCUT2D eigenvalue weighted by atomic mass is 9.82. The van der Waals surface area contributed by atoms with Crippen LogP contribution in [0.2, 0.25) is 0 Å². The molecule has 0 saturated carbocycles. The fraction of sp³-hybridized carbons (Fsp3) is 0.857. The number of hydrogen-bond donors (Lipinski definition) is 1. The monoisotopic (exact) mass is 266 g/mol. The molecule has 5 nitrogen and oxygen atoms in total. The Balaban J connectivity index is 2.07. The molecule has 0 spiro atoms. The van der Waals surface area contributed by atoms with Crippen molar-refractivity contribution in [2.75, 3.05) is 19.8 Å². The van der Waals surface area contributed by atoms with Crippen molar-refractivity contribution in [3.05, 3.63) is 12.2 Å². The second-order valence-electron chi connectivity index (χ2n) is 6.57. The van der Waals surface area contributed by atoms with Crippen LogP contribution in [0.15, 0.2) is 6.33 Å². The smallest absolute Gasteiger partial charge is 0.138 e. The second kappa shape index (κ2) is 5.59. The summed E-state index contributed by atoms with van der Waals surface area (Å²) in [6.07, 6.45) is 3.68. The highest BCUT2D eigenvalue weighted by Crippen LogP contribution is 2.32. The van der Waals surface area contributed by atoms with Gasteiger partial charge in [0.15, 0.2) is 0 Å². The minimum Gasteiger partial charge on any atom is -0.381 e. The van der Waals surface area contributed by atoms with Crippen LogP contribution in [0, 0.1) is 5.41 Å². The molecule has 2 rings (SSSR count). The largest absolute Gasteiger partial charge is 0.381 e.